The van der Waals surface area contributed by atoms with Crippen molar-refractivity contribution in [2.45, 2.75) is 39.7 Å². The van der Waals surface area contributed by atoms with Crippen LogP contribution < -0.4 is 11.1 Å². The molecule has 1 aliphatic rings. The van der Waals surface area contributed by atoms with Gasteiger partial charge in [-0.1, -0.05) is 55.5 Å². The highest BCUT2D eigenvalue weighted by molar-refractivity contribution is 5.98. The van der Waals surface area contributed by atoms with Gasteiger partial charge in [-0.25, -0.2) is 0 Å². The maximum absolute atomic E-state index is 13.8. The molecule has 0 radical (unpaired) electrons. The van der Waals surface area contributed by atoms with Crippen LogP contribution >= 0.6 is 0 Å². The number of piperidine rings is 1. The van der Waals surface area contributed by atoms with Gasteiger partial charge in [0.15, 0.2) is 0 Å². The van der Waals surface area contributed by atoms with Crippen LogP contribution in [0.25, 0.3) is 10.8 Å². The lowest BCUT2D eigenvalue weighted by Crippen LogP contribution is -2.50. The maximum Gasteiger partial charge on any atom is 0.251 e. The third-order valence-electron chi connectivity index (χ3n) is 7.18. The van der Waals surface area contributed by atoms with Crippen LogP contribution in [0.3, 0.4) is 0 Å². The smallest absolute Gasteiger partial charge is 0.251 e. The number of nitrogen functional groups attached to an aromatic ring is 1. The van der Waals surface area contributed by atoms with Gasteiger partial charge in [0.05, 0.1) is 11.5 Å². The van der Waals surface area contributed by atoms with E-state index < -0.39 is 11.5 Å². The molecule has 0 aliphatic carbocycles. The molecule has 2 amide bonds. The van der Waals surface area contributed by atoms with Crippen molar-refractivity contribution in [3.05, 3.63) is 83.4 Å². The fraction of sp³-hybridized carbons (Fsp3) is 0.345. The average Bonchev–Trinajstić information content (AvgIpc) is 2.86. The van der Waals surface area contributed by atoms with E-state index in [1.54, 1.807) is 24.3 Å². The van der Waals surface area contributed by atoms with E-state index in [-0.39, 0.29) is 17.6 Å². The minimum Gasteiger partial charge on any atom is -0.384 e. The number of hydrogen-bond acceptors (Lipinski definition) is 3. The number of fused-ring (bicyclic) bond motifs is 1. The number of hydrogen-bond donors (Lipinski definition) is 3. The van der Waals surface area contributed by atoms with Crippen LogP contribution in [0.1, 0.15) is 61.1 Å². The lowest BCUT2D eigenvalue weighted by atomic mass is 9.78. The second-order valence-electron chi connectivity index (χ2n) is 10.2. The first-order chi connectivity index (χ1) is 16.7. The molecule has 1 heterocycles. The number of rotatable bonds is 6. The molecule has 0 aromatic heterocycles. The summed E-state index contributed by atoms with van der Waals surface area (Å²) >= 11 is 0. The van der Waals surface area contributed by atoms with Gasteiger partial charge in [-0.3, -0.25) is 15.0 Å². The quantitative estimate of drug-likeness (QED) is 0.354. The number of likely N-dealkylation sites (tertiary alicyclic amines) is 1. The first-order valence-electron chi connectivity index (χ1n) is 12.2. The molecule has 0 spiro atoms. The lowest BCUT2D eigenvalue weighted by molar-refractivity contribution is -0.143. The molecular weight excluding hydrogens is 436 g/mol. The van der Waals surface area contributed by atoms with E-state index in [1.807, 2.05) is 49.1 Å². The number of amidine groups is 1. The highest BCUT2D eigenvalue weighted by Gasteiger charge is 2.42. The van der Waals surface area contributed by atoms with Crippen molar-refractivity contribution < 1.29 is 9.59 Å². The molecule has 1 unspecified atom stereocenters. The van der Waals surface area contributed by atoms with Crippen molar-refractivity contribution in [1.29, 1.82) is 5.41 Å². The Bertz CT molecular complexity index is 1240. The van der Waals surface area contributed by atoms with Gasteiger partial charge >= 0.3 is 0 Å². The van der Waals surface area contributed by atoms with Crippen molar-refractivity contribution >= 4 is 28.4 Å². The lowest BCUT2D eigenvalue weighted by Gasteiger charge is -2.40. The first kappa shape index (κ1) is 24.5. The van der Waals surface area contributed by atoms with E-state index in [2.05, 4.69) is 24.4 Å². The highest BCUT2D eigenvalue weighted by Crippen LogP contribution is 2.38. The molecule has 3 aromatic carbocycles. The first-order valence-corrected chi connectivity index (χ1v) is 12.2. The van der Waals surface area contributed by atoms with E-state index in [4.69, 9.17) is 11.1 Å². The third-order valence-corrected chi connectivity index (χ3v) is 7.18. The third kappa shape index (κ3) is 5.21. The Hall–Kier alpha value is -3.67. The molecular formula is C29H34N4O2. The van der Waals surface area contributed by atoms with Gasteiger partial charge in [0.1, 0.15) is 5.84 Å². The number of nitrogens with two attached hydrogens (primary N) is 1. The van der Waals surface area contributed by atoms with Crippen molar-refractivity contribution in [1.82, 2.24) is 10.2 Å². The monoisotopic (exact) mass is 470 g/mol. The normalized spacial score (nSPS) is 15.6. The number of benzene rings is 3. The van der Waals surface area contributed by atoms with E-state index in [0.29, 0.717) is 17.0 Å². The molecule has 1 saturated heterocycles. The molecule has 182 valence electrons. The zero-order valence-electron chi connectivity index (χ0n) is 20.7. The Labute approximate surface area is 207 Å². The molecule has 3 aromatic rings. The second kappa shape index (κ2) is 9.90. The van der Waals surface area contributed by atoms with E-state index in [0.717, 1.165) is 42.3 Å². The number of amides is 2. The molecule has 1 aliphatic heterocycles. The zero-order valence-corrected chi connectivity index (χ0v) is 20.7. The van der Waals surface area contributed by atoms with Crippen molar-refractivity contribution in [2.75, 3.05) is 13.1 Å². The van der Waals surface area contributed by atoms with Crippen LogP contribution in [0.2, 0.25) is 0 Å². The Morgan fingerprint density at radius 1 is 0.971 bits per heavy atom. The number of nitrogens with one attached hydrogen (secondary N) is 2. The Balaban J connectivity index is 1.68. The average molecular weight is 471 g/mol. The van der Waals surface area contributed by atoms with Gasteiger partial charge in [0.25, 0.3) is 5.91 Å². The number of carbonyl (C=O) groups excluding carboxylic acids is 2. The van der Waals surface area contributed by atoms with E-state index >= 15 is 0 Å². The molecule has 0 saturated carbocycles. The highest BCUT2D eigenvalue weighted by atomic mass is 16.2. The summed E-state index contributed by atoms with van der Waals surface area (Å²) in [6.45, 7) is 7.56. The molecule has 1 fully saturated rings. The SMILES string of the molecule is CC1CCN(C(=O)C(C)(C)C(NC(=O)c2ccc(C(=N)N)cc2)c2ccc3ccccc3c2)CC1. The molecule has 35 heavy (non-hydrogen) atoms. The Morgan fingerprint density at radius 2 is 1.57 bits per heavy atom. The summed E-state index contributed by atoms with van der Waals surface area (Å²) in [7, 11) is 0. The van der Waals surface area contributed by atoms with E-state index in [1.165, 1.54) is 0 Å². The van der Waals surface area contributed by atoms with Gasteiger partial charge < -0.3 is 16.0 Å². The second-order valence-corrected chi connectivity index (χ2v) is 10.2. The topological polar surface area (TPSA) is 99.3 Å². The summed E-state index contributed by atoms with van der Waals surface area (Å²) in [4.78, 5) is 29.1. The summed E-state index contributed by atoms with van der Waals surface area (Å²) in [5, 5.41) is 12.9. The van der Waals surface area contributed by atoms with Crippen LogP contribution in [-0.4, -0.2) is 35.6 Å². The fourth-order valence-corrected chi connectivity index (χ4v) is 4.83. The van der Waals surface area contributed by atoms with Gasteiger partial charge in [-0.2, -0.15) is 0 Å². The van der Waals surface area contributed by atoms with Gasteiger partial charge in [-0.15, -0.1) is 0 Å². The molecule has 0 bridgehead atoms. The molecule has 4 N–H and O–H groups in total. The Kier molecular flexibility index (Phi) is 6.92. The standard InChI is InChI=1S/C29H34N4O2/c1-19-14-16-33(17-15-19)28(35)29(2,3)25(24-13-8-20-6-4-5-7-23(20)18-24)32-27(34)22-11-9-21(10-12-22)26(30)31/h4-13,18-19,25H,14-17H2,1-3H3,(H3,30,31)(H,32,34). The summed E-state index contributed by atoms with van der Waals surface area (Å²) in [6.07, 6.45) is 1.99. The van der Waals surface area contributed by atoms with Gasteiger partial charge in [0.2, 0.25) is 5.91 Å². The van der Waals surface area contributed by atoms with E-state index in [9.17, 15) is 9.59 Å². The summed E-state index contributed by atoms with van der Waals surface area (Å²) in [6, 6.07) is 20.3. The minimum atomic E-state index is -0.863. The summed E-state index contributed by atoms with van der Waals surface area (Å²) in [5.74, 6) is 0.353. The zero-order chi connectivity index (χ0) is 25.2. The van der Waals surface area contributed by atoms with Gasteiger partial charge in [0, 0.05) is 24.2 Å². The summed E-state index contributed by atoms with van der Waals surface area (Å²) < 4.78 is 0. The van der Waals surface area contributed by atoms with Crippen LogP contribution in [0.15, 0.2) is 66.7 Å². The van der Waals surface area contributed by atoms with Crippen molar-refractivity contribution in [2.24, 2.45) is 17.1 Å². The minimum absolute atomic E-state index is 0.0476. The van der Waals surface area contributed by atoms with Crippen LogP contribution in [0, 0.1) is 16.7 Å². The predicted octanol–water partition coefficient (Wildman–Crippen LogP) is 4.88. The van der Waals surface area contributed by atoms with Crippen LogP contribution in [0.5, 0.6) is 0 Å². The predicted molar refractivity (Wildman–Crippen MR) is 140 cm³/mol. The summed E-state index contributed by atoms with van der Waals surface area (Å²) in [5.41, 5.74) is 6.59. The molecule has 6 heteroatoms. The van der Waals surface area contributed by atoms with Crippen LogP contribution in [0.4, 0.5) is 0 Å². The number of nitrogens with zero attached hydrogens (tertiary/aromatic N) is 1. The van der Waals surface area contributed by atoms with Crippen molar-refractivity contribution in [3.63, 3.8) is 0 Å². The number of carbonyl (C=O) groups is 2. The van der Waals surface area contributed by atoms with Crippen molar-refractivity contribution in [3.8, 4) is 0 Å². The maximum atomic E-state index is 13.8. The molecule has 4 rings (SSSR count). The molecule has 1 atom stereocenters. The fourth-order valence-electron chi connectivity index (χ4n) is 4.83. The molecule has 6 nitrogen and oxygen atoms in total. The largest absolute Gasteiger partial charge is 0.384 e. The van der Waals surface area contributed by atoms with Gasteiger partial charge in [-0.05, 0) is 67.1 Å². The Morgan fingerprint density at radius 3 is 2.20 bits per heavy atom. The van der Waals surface area contributed by atoms with Crippen LogP contribution in [-0.2, 0) is 4.79 Å².